The molecule has 0 saturated carbocycles. The lowest BCUT2D eigenvalue weighted by Crippen LogP contribution is -2.48. The SMILES string of the molecule is CCCCCCCCN1CCCC(O)C1CCCCCCC.CCCCCCCCN1CCCC(O)C1CCCCCCC.O=C(O)C(O)C(O)C(=O)O. The predicted octanol–water partition coefficient (Wildman–Crippen LogP) is 8.94. The molecule has 2 saturated heterocycles. The minimum absolute atomic E-state index is 0.0694. The van der Waals surface area contributed by atoms with Gasteiger partial charge in [0.1, 0.15) is 0 Å². The van der Waals surface area contributed by atoms with Crippen LogP contribution in [0.15, 0.2) is 0 Å². The van der Waals surface area contributed by atoms with E-state index in [-0.39, 0.29) is 12.2 Å². The monoisotopic (exact) mass is 773 g/mol. The maximum absolute atomic E-state index is 10.4. The number of aliphatic hydroxyl groups excluding tert-OH is 4. The van der Waals surface area contributed by atoms with E-state index >= 15 is 0 Å². The lowest BCUT2D eigenvalue weighted by Gasteiger charge is -2.39. The minimum atomic E-state index is -2.27. The number of carboxylic acid groups (broad SMARTS) is 2. The third kappa shape index (κ3) is 26.5. The fraction of sp³-hybridized carbons (Fsp3) is 0.955. The van der Waals surface area contributed by atoms with Gasteiger partial charge in [-0.25, -0.2) is 9.59 Å². The molecule has 10 nitrogen and oxygen atoms in total. The second kappa shape index (κ2) is 36.1. The minimum Gasteiger partial charge on any atom is -0.479 e. The molecule has 10 heteroatoms. The summed E-state index contributed by atoms with van der Waals surface area (Å²) in [4.78, 5) is 24.8. The standard InChI is InChI=1S/2C20H41NO.C4H6O6/c2*1-3-5-7-9-11-13-17-21-18-14-16-20(22)19(21)15-12-10-8-6-4-2;5-1(3(7)8)2(6)4(9)10/h2*19-20,22H,3-18H2,1-2H3;1-2,5-6H,(H,7,8)(H,9,10). The molecular formula is C44H88N2O8. The largest absolute Gasteiger partial charge is 0.479 e. The van der Waals surface area contributed by atoms with Crippen LogP contribution in [-0.2, 0) is 9.59 Å². The predicted molar refractivity (Wildman–Crippen MR) is 222 cm³/mol. The first kappa shape index (κ1) is 52.7. The Labute approximate surface area is 331 Å². The van der Waals surface area contributed by atoms with E-state index in [1.165, 1.54) is 193 Å². The number of nitrogens with zero attached hydrogens (tertiary/aromatic N) is 2. The van der Waals surface area contributed by atoms with Crippen LogP contribution < -0.4 is 0 Å². The zero-order valence-electron chi connectivity index (χ0n) is 35.5. The van der Waals surface area contributed by atoms with Crippen LogP contribution in [0.25, 0.3) is 0 Å². The Morgan fingerprint density at radius 3 is 1.06 bits per heavy atom. The van der Waals surface area contributed by atoms with Gasteiger partial charge < -0.3 is 30.6 Å². The molecule has 0 aromatic carbocycles. The van der Waals surface area contributed by atoms with E-state index in [9.17, 15) is 19.8 Å². The number of aliphatic carboxylic acids is 2. The highest BCUT2D eigenvalue weighted by molar-refractivity contribution is 5.83. The number of unbranched alkanes of at least 4 members (excludes halogenated alkanes) is 18. The van der Waals surface area contributed by atoms with Crippen LogP contribution in [0.2, 0.25) is 0 Å². The summed E-state index contributed by atoms with van der Waals surface area (Å²) in [5.41, 5.74) is 0. The lowest BCUT2D eigenvalue weighted by molar-refractivity contribution is -0.165. The van der Waals surface area contributed by atoms with Crippen LogP contribution >= 0.6 is 0 Å². The molecule has 2 aliphatic heterocycles. The van der Waals surface area contributed by atoms with Gasteiger partial charge in [-0.15, -0.1) is 0 Å². The highest BCUT2D eigenvalue weighted by Crippen LogP contribution is 2.25. The summed E-state index contributed by atoms with van der Waals surface area (Å²) in [6.07, 6.45) is 32.0. The first-order valence-corrected chi connectivity index (χ1v) is 22.7. The molecule has 0 aromatic rings. The Hall–Kier alpha value is -1.30. The Morgan fingerprint density at radius 2 is 0.759 bits per heavy atom. The van der Waals surface area contributed by atoms with E-state index in [0.717, 1.165) is 12.8 Å². The maximum atomic E-state index is 10.4. The van der Waals surface area contributed by atoms with Gasteiger partial charge in [0.25, 0.3) is 0 Å². The molecule has 0 spiro atoms. The first-order valence-electron chi connectivity index (χ1n) is 22.7. The fourth-order valence-corrected chi connectivity index (χ4v) is 7.89. The van der Waals surface area contributed by atoms with Gasteiger partial charge in [-0.2, -0.15) is 0 Å². The molecule has 0 amide bonds. The second-order valence-electron chi connectivity index (χ2n) is 16.1. The first-order chi connectivity index (χ1) is 26.0. The Balaban J connectivity index is 0.000000837. The highest BCUT2D eigenvalue weighted by Gasteiger charge is 2.31. The van der Waals surface area contributed by atoms with Crippen molar-refractivity contribution in [1.29, 1.82) is 0 Å². The third-order valence-electron chi connectivity index (χ3n) is 11.3. The Kier molecular flexibility index (Phi) is 35.2. The van der Waals surface area contributed by atoms with Crippen molar-refractivity contribution in [2.45, 2.75) is 244 Å². The number of rotatable bonds is 29. The van der Waals surface area contributed by atoms with Crippen molar-refractivity contribution in [3.63, 3.8) is 0 Å². The molecule has 2 aliphatic rings. The van der Waals surface area contributed by atoms with E-state index in [2.05, 4.69) is 37.5 Å². The van der Waals surface area contributed by atoms with Crippen LogP contribution in [0.1, 0.15) is 207 Å². The van der Waals surface area contributed by atoms with Crippen molar-refractivity contribution < 1.29 is 40.2 Å². The maximum Gasteiger partial charge on any atom is 0.335 e. The highest BCUT2D eigenvalue weighted by atomic mass is 16.4. The number of carbonyl (C=O) groups is 2. The molecule has 6 N–H and O–H groups in total. The molecule has 322 valence electrons. The number of piperidine rings is 2. The number of carboxylic acids is 2. The average molecular weight is 773 g/mol. The summed E-state index contributed by atoms with van der Waals surface area (Å²) >= 11 is 0. The number of hydrogen-bond donors (Lipinski definition) is 6. The Bertz CT molecular complexity index is 796. The molecule has 0 aromatic heterocycles. The third-order valence-corrected chi connectivity index (χ3v) is 11.3. The molecule has 54 heavy (non-hydrogen) atoms. The van der Waals surface area contributed by atoms with Gasteiger partial charge in [0.2, 0.25) is 0 Å². The van der Waals surface area contributed by atoms with Crippen molar-refractivity contribution in [1.82, 2.24) is 9.80 Å². The van der Waals surface area contributed by atoms with Gasteiger partial charge in [0.15, 0.2) is 12.2 Å². The summed E-state index contributed by atoms with van der Waals surface area (Å²) < 4.78 is 0. The van der Waals surface area contributed by atoms with Gasteiger partial charge in [-0.3, -0.25) is 9.80 Å². The zero-order valence-corrected chi connectivity index (χ0v) is 35.5. The van der Waals surface area contributed by atoms with Crippen molar-refractivity contribution in [3.8, 4) is 0 Å². The molecule has 2 heterocycles. The van der Waals surface area contributed by atoms with E-state index in [1.807, 2.05) is 0 Å². The van der Waals surface area contributed by atoms with Gasteiger partial charge in [0.05, 0.1) is 12.2 Å². The topological polar surface area (TPSA) is 162 Å². The van der Waals surface area contributed by atoms with Gasteiger partial charge in [-0.05, 0) is 77.5 Å². The molecular weight excluding hydrogens is 684 g/mol. The summed E-state index contributed by atoms with van der Waals surface area (Å²) in [6.45, 7) is 13.9. The summed E-state index contributed by atoms with van der Waals surface area (Å²) in [6, 6.07) is 0.900. The normalized spacial score (nSPS) is 21.7. The van der Waals surface area contributed by atoms with Crippen LogP contribution in [0.4, 0.5) is 0 Å². The van der Waals surface area contributed by atoms with Gasteiger partial charge >= 0.3 is 11.9 Å². The van der Waals surface area contributed by atoms with E-state index in [4.69, 9.17) is 20.4 Å². The quantitative estimate of drug-likeness (QED) is 0.0405. The molecule has 0 bridgehead atoms. The van der Waals surface area contributed by atoms with Crippen molar-refractivity contribution >= 4 is 11.9 Å². The lowest BCUT2D eigenvalue weighted by atomic mass is 9.93. The van der Waals surface area contributed by atoms with Crippen molar-refractivity contribution in [3.05, 3.63) is 0 Å². The van der Waals surface area contributed by atoms with Gasteiger partial charge in [0, 0.05) is 12.1 Å². The van der Waals surface area contributed by atoms with Crippen molar-refractivity contribution in [2.75, 3.05) is 26.2 Å². The van der Waals surface area contributed by atoms with Gasteiger partial charge in [-0.1, -0.05) is 156 Å². The zero-order chi connectivity index (χ0) is 40.4. The fourth-order valence-electron chi connectivity index (χ4n) is 7.89. The smallest absolute Gasteiger partial charge is 0.335 e. The molecule has 6 atom stereocenters. The van der Waals surface area contributed by atoms with E-state index in [0.29, 0.717) is 12.1 Å². The Morgan fingerprint density at radius 1 is 0.481 bits per heavy atom. The van der Waals surface area contributed by atoms with Crippen LogP contribution in [0.5, 0.6) is 0 Å². The molecule has 6 unspecified atom stereocenters. The molecule has 2 rings (SSSR count). The number of aliphatic hydroxyl groups is 4. The second-order valence-corrected chi connectivity index (χ2v) is 16.1. The average Bonchev–Trinajstić information content (AvgIpc) is 3.15. The van der Waals surface area contributed by atoms with Crippen molar-refractivity contribution in [2.24, 2.45) is 0 Å². The number of hydrogen-bond acceptors (Lipinski definition) is 8. The molecule has 2 fully saturated rings. The summed E-state index contributed by atoms with van der Waals surface area (Å²) in [7, 11) is 0. The van der Waals surface area contributed by atoms with E-state index in [1.54, 1.807) is 0 Å². The molecule has 0 aliphatic carbocycles. The summed E-state index contributed by atoms with van der Waals surface area (Å²) in [5, 5.41) is 53.3. The van der Waals surface area contributed by atoms with Crippen LogP contribution in [0.3, 0.4) is 0 Å². The van der Waals surface area contributed by atoms with Crippen LogP contribution in [-0.4, -0.2) is 115 Å². The van der Waals surface area contributed by atoms with Crippen LogP contribution in [0, 0.1) is 0 Å². The van der Waals surface area contributed by atoms with E-state index < -0.39 is 24.1 Å². The molecule has 0 radical (unpaired) electrons. The summed E-state index contributed by atoms with van der Waals surface area (Å²) in [5.74, 6) is -3.54. The number of likely N-dealkylation sites (tertiary alicyclic amines) is 2.